The van der Waals surface area contributed by atoms with E-state index < -0.39 is 23.7 Å². The number of fused-ring (bicyclic) bond motifs is 1. The molecule has 0 radical (unpaired) electrons. The number of nitrogens with one attached hydrogen (secondary N) is 1. The number of alkyl halides is 3. The summed E-state index contributed by atoms with van der Waals surface area (Å²) in [5.74, 6) is -1.25. The maximum absolute atomic E-state index is 13.6. The van der Waals surface area contributed by atoms with E-state index in [1.807, 2.05) is 0 Å². The highest BCUT2D eigenvalue weighted by atomic mass is 35.5. The number of hydrogen-bond donors (Lipinski definition) is 2. The van der Waals surface area contributed by atoms with Gasteiger partial charge in [0.05, 0.1) is 24.5 Å². The van der Waals surface area contributed by atoms with Crippen molar-refractivity contribution < 1.29 is 27.9 Å². The molecule has 2 amide bonds. The summed E-state index contributed by atoms with van der Waals surface area (Å²) in [6.45, 7) is -0.552. The Kier molecular flexibility index (Phi) is 5.52. The number of carbonyl (C=O) groups excluding carboxylic acids is 2. The standard InChI is InChI=1S/C20H18ClF3N4O3/c21-11-5-6-16(13(9-11)25-14-10-17(30)27(7-8-29)19(14)31)28-15-4-2-1-3-12(15)18(26-28)20(22,23)24/h5-6,9-10,25,29H,1-4,7-8H2. The SMILES string of the molecule is O=C1C=C(Nc2cc(Cl)ccc2-n2nc(C(F)(F)F)c3c2CCCC3)C(=O)N1CCO. The highest BCUT2D eigenvalue weighted by Crippen LogP contribution is 2.38. The predicted octanol–water partition coefficient (Wildman–Crippen LogP) is 3.08. The average molecular weight is 455 g/mol. The molecule has 2 aromatic rings. The Morgan fingerprint density at radius 3 is 2.65 bits per heavy atom. The minimum absolute atomic E-state index is 0.0703. The molecule has 0 bridgehead atoms. The molecule has 1 aromatic heterocycles. The van der Waals surface area contributed by atoms with Crippen LogP contribution < -0.4 is 5.32 Å². The van der Waals surface area contributed by atoms with Crippen LogP contribution in [0, 0.1) is 0 Å². The second kappa shape index (κ2) is 8.01. The molecular weight excluding hydrogens is 437 g/mol. The third kappa shape index (κ3) is 3.92. The van der Waals surface area contributed by atoms with E-state index in [0.717, 1.165) is 17.4 Å². The number of rotatable bonds is 5. The molecule has 164 valence electrons. The number of β-amino-alcohol motifs (C(OH)–C–C–N with tert-alkyl or cyclic N) is 1. The van der Waals surface area contributed by atoms with Crippen LogP contribution in [0.15, 0.2) is 30.0 Å². The predicted molar refractivity (Wildman–Crippen MR) is 106 cm³/mol. The number of hydrogen-bond acceptors (Lipinski definition) is 5. The van der Waals surface area contributed by atoms with E-state index in [4.69, 9.17) is 16.7 Å². The molecule has 0 saturated heterocycles. The van der Waals surface area contributed by atoms with Crippen molar-refractivity contribution in [2.24, 2.45) is 0 Å². The topological polar surface area (TPSA) is 87.5 Å². The van der Waals surface area contributed by atoms with E-state index in [1.54, 1.807) is 0 Å². The molecule has 1 aliphatic carbocycles. The van der Waals surface area contributed by atoms with Crippen molar-refractivity contribution in [3.05, 3.63) is 51.9 Å². The van der Waals surface area contributed by atoms with Gasteiger partial charge in [-0.15, -0.1) is 0 Å². The highest BCUT2D eigenvalue weighted by Gasteiger charge is 2.40. The zero-order valence-corrected chi connectivity index (χ0v) is 16.9. The molecule has 1 aromatic carbocycles. The number of carbonyl (C=O) groups is 2. The number of anilines is 1. The van der Waals surface area contributed by atoms with E-state index in [-0.39, 0.29) is 47.2 Å². The number of aromatic nitrogens is 2. The summed E-state index contributed by atoms with van der Waals surface area (Å²) < 4.78 is 42.0. The molecule has 0 spiro atoms. The van der Waals surface area contributed by atoms with Gasteiger partial charge < -0.3 is 10.4 Å². The summed E-state index contributed by atoms with van der Waals surface area (Å²) in [7, 11) is 0. The third-order valence-corrected chi connectivity index (χ3v) is 5.47. The van der Waals surface area contributed by atoms with E-state index in [2.05, 4.69) is 10.4 Å². The monoisotopic (exact) mass is 454 g/mol. The van der Waals surface area contributed by atoms with Crippen LogP contribution in [-0.2, 0) is 28.6 Å². The fourth-order valence-electron chi connectivity index (χ4n) is 3.87. The molecule has 2 heterocycles. The molecule has 2 N–H and O–H groups in total. The Morgan fingerprint density at radius 2 is 1.94 bits per heavy atom. The van der Waals surface area contributed by atoms with Crippen molar-refractivity contribution in [2.45, 2.75) is 31.9 Å². The normalized spacial score (nSPS) is 16.5. The van der Waals surface area contributed by atoms with Crippen LogP contribution in [0.4, 0.5) is 18.9 Å². The first-order chi connectivity index (χ1) is 14.7. The van der Waals surface area contributed by atoms with Crippen LogP contribution in [0.2, 0.25) is 5.02 Å². The summed E-state index contributed by atoms with van der Waals surface area (Å²) in [4.78, 5) is 25.3. The Hall–Kier alpha value is -2.85. The van der Waals surface area contributed by atoms with Crippen LogP contribution in [0.5, 0.6) is 0 Å². The lowest BCUT2D eigenvalue weighted by atomic mass is 9.95. The van der Waals surface area contributed by atoms with Gasteiger partial charge in [-0.25, -0.2) is 4.68 Å². The first kappa shape index (κ1) is 21.4. The Morgan fingerprint density at radius 1 is 1.19 bits per heavy atom. The van der Waals surface area contributed by atoms with E-state index in [1.165, 1.54) is 22.9 Å². The van der Waals surface area contributed by atoms with Gasteiger partial charge in [0.25, 0.3) is 11.8 Å². The number of amides is 2. The lowest BCUT2D eigenvalue weighted by Gasteiger charge is -2.18. The number of nitrogens with zero attached hydrogens (tertiary/aromatic N) is 3. The molecular formula is C20H18ClF3N4O3. The van der Waals surface area contributed by atoms with Crippen LogP contribution in [0.1, 0.15) is 29.8 Å². The van der Waals surface area contributed by atoms with Crippen molar-refractivity contribution in [2.75, 3.05) is 18.5 Å². The Labute approximate surface area is 180 Å². The van der Waals surface area contributed by atoms with Crippen molar-refractivity contribution in [1.82, 2.24) is 14.7 Å². The van der Waals surface area contributed by atoms with Gasteiger partial charge in [0, 0.05) is 22.4 Å². The second-order valence-electron chi connectivity index (χ2n) is 7.25. The van der Waals surface area contributed by atoms with Gasteiger partial charge in [-0.1, -0.05) is 11.6 Å². The summed E-state index contributed by atoms with van der Waals surface area (Å²) in [5.41, 5.74) is 0.173. The van der Waals surface area contributed by atoms with Gasteiger partial charge in [0.1, 0.15) is 5.70 Å². The van der Waals surface area contributed by atoms with E-state index >= 15 is 0 Å². The smallest absolute Gasteiger partial charge is 0.395 e. The maximum Gasteiger partial charge on any atom is 0.435 e. The maximum atomic E-state index is 13.6. The third-order valence-electron chi connectivity index (χ3n) is 5.24. The Balaban J connectivity index is 1.78. The number of halogens is 4. The fourth-order valence-corrected chi connectivity index (χ4v) is 4.05. The molecule has 0 unspecified atom stereocenters. The molecule has 0 fully saturated rings. The number of imide groups is 1. The summed E-state index contributed by atoms with van der Waals surface area (Å²) in [5, 5.41) is 16.0. The van der Waals surface area contributed by atoms with Crippen molar-refractivity contribution in [3.8, 4) is 5.69 Å². The summed E-state index contributed by atoms with van der Waals surface area (Å²) >= 11 is 6.09. The average Bonchev–Trinajstić information content (AvgIpc) is 3.22. The molecule has 11 heteroatoms. The number of aliphatic hydroxyl groups is 1. The summed E-state index contributed by atoms with van der Waals surface area (Å²) in [6, 6.07) is 4.48. The Bertz CT molecular complexity index is 1090. The van der Waals surface area contributed by atoms with Gasteiger partial charge in [0.15, 0.2) is 5.69 Å². The summed E-state index contributed by atoms with van der Waals surface area (Å²) in [6.07, 6.45) is -1.41. The van der Waals surface area contributed by atoms with Crippen LogP contribution in [0.3, 0.4) is 0 Å². The van der Waals surface area contributed by atoms with Crippen molar-refractivity contribution in [3.63, 3.8) is 0 Å². The van der Waals surface area contributed by atoms with Crippen molar-refractivity contribution >= 4 is 29.1 Å². The van der Waals surface area contributed by atoms with Crippen LogP contribution in [0.25, 0.3) is 5.69 Å². The molecule has 0 atom stereocenters. The fraction of sp³-hybridized carbons (Fsp3) is 0.350. The zero-order valence-electron chi connectivity index (χ0n) is 16.2. The van der Waals surface area contributed by atoms with Crippen LogP contribution >= 0.6 is 11.6 Å². The zero-order chi connectivity index (χ0) is 22.3. The highest BCUT2D eigenvalue weighted by molar-refractivity contribution is 6.31. The van der Waals surface area contributed by atoms with Gasteiger partial charge in [0.2, 0.25) is 0 Å². The minimum Gasteiger partial charge on any atom is -0.395 e. The van der Waals surface area contributed by atoms with Crippen LogP contribution in [-0.4, -0.2) is 44.8 Å². The lowest BCUT2D eigenvalue weighted by Crippen LogP contribution is -2.34. The largest absolute Gasteiger partial charge is 0.435 e. The molecule has 7 nitrogen and oxygen atoms in total. The first-order valence-corrected chi connectivity index (χ1v) is 10.0. The molecule has 1 aliphatic heterocycles. The first-order valence-electron chi connectivity index (χ1n) is 9.64. The van der Waals surface area contributed by atoms with Gasteiger partial charge >= 0.3 is 6.18 Å². The van der Waals surface area contributed by atoms with Gasteiger partial charge in [-0.2, -0.15) is 18.3 Å². The minimum atomic E-state index is -4.59. The molecule has 2 aliphatic rings. The quantitative estimate of drug-likeness (QED) is 0.678. The molecule has 4 rings (SSSR count). The van der Waals surface area contributed by atoms with Gasteiger partial charge in [-0.3, -0.25) is 14.5 Å². The van der Waals surface area contributed by atoms with E-state index in [0.29, 0.717) is 18.5 Å². The van der Waals surface area contributed by atoms with Gasteiger partial charge in [-0.05, 0) is 43.9 Å². The van der Waals surface area contributed by atoms with E-state index in [9.17, 15) is 22.8 Å². The van der Waals surface area contributed by atoms with Crippen molar-refractivity contribution in [1.29, 1.82) is 0 Å². The molecule has 31 heavy (non-hydrogen) atoms. The number of benzene rings is 1. The number of aliphatic hydroxyl groups excluding tert-OH is 1. The second-order valence-corrected chi connectivity index (χ2v) is 7.69. The molecule has 0 saturated carbocycles. The lowest BCUT2D eigenvalue weighted by molar-refractivity contribution is -0.142.